The maximum absolute atomic E-state index is 9.81. The fraction of sp³-hybridized carbons (Fsp3) is 0.375. The summed E-state index contributed by atoms with van der Waals surface area (Å²) in [6, 6.07) is 11.6. The molecule has 0 bridgehead atoms. The summed E-state index contributed by atoms with van der Waals surface area (Å²) < 4.78 is 10.8. The van der Waals surface area contributed by atoms with E-state index >= 15 is 0 Å². The van der Waals surface area contributed by atoms with Gasteiger partial charge in [0.2, 0.25) is 5.88 Å². The van der Waals surface area contributed by atoms with E-state index in [1.807, 2.05) is 44.2 Å². The molecule has 21 heavy (non-hydrogen) atoms. The van der Waals surface area contributed by atoms with Crippen molar-refractivity contribution in [2.24, 2.45) is 0 Å². The molecule has 0 aliphatic rings. The van der Waals surface area contributed by atoms with Crippen molar-refractivity contribution >= 4 is 0 Å². The minimum absolute atomic E-state index is 0.131. The Morgan fingerprint density at radius 1 is 1.10 bits per heavy atom. The topological polar surface area (TPSA) is 64.5 Å². The summed E-state index contributed by atoms with van der Waals surface area (Å²) in [6.07, 6.45) is -0.697. The van der Waals surface area contributed by atoms with Crippen LogP contribution in [-0.2, 0) is 11.3 Å². The van der Waals surface area contributed by atoms with Crippen LogP contribution in [-0.4, -0.2) is 34.6 Å². The third-order valence-corrected chi connectivity index (χ3v) is 3.05. The zero-order chi connectivity index (χ0) is 15.1. The summed E-state index contributed by atoms with van der Waals surface area (Å²) in [6.45, 7) is 4.65. The molecule has 0 amide bonds. The highest BCUT2D eigenvalue weighted by molar-refractivity contribution is 5.21. The molecule has 1 aromatic carbocycles. The molecule has 0 spiro atoms. The number of aryl methyl sites for hydroxylation is 2. The first-order chi connectivity index (χ1) is 10.1. The van der Waals surface area contributed by atoms with Gasteiger partial charge >= 0.3 is 0 Å². The highest BCUT2D eigenvalue weighted by atomic mass is 16.5. The number of ether oxygens (including phenoxy) is 2. The molecule has 1 atom stereocenters. The number of benzene rings is 1. The van der Waals surface area contributed by atoms with E-state index in [-0.39, 0.29) is 13.2 Å². The second-order valence-corrected chi connectivity index (χ2v) is 4.92. The van der Waals surface area contributed by atoms with Crippen LogP contribution < -0.4 is 4.74 Å². The molecule has 0 fully saturated rings. The zero-order valence-electron chi connectivity index (χ0n) is 12.3. The van der Waals surface area contributed by atoms with Crippen LogP contribution in [0.4, 0.5) is 0 Å². The molecule has 1 N–H and O–H groups in total. The average Bonchev–Trinajstić information content (AvgIpc) is 2.49. The molecule has 2 rings (SSSR count). The van der Waals surface area contributed by atoms with Crippen molar-refractivity contribution in [1.29, 1.82) is 0 Å². The van der Waals surface area contributed by atoms with Gasteiger partial charge in [0.1, 0.15) is 12.7 Å². The van der Waals surface area contributed by atoms with E-state index < -0.39 is 6.10 Å². The third-order valence-electron chi connectivity index (χ3n) is 3.05. The molecule has 1 aromatic heterocycles. The molecule has 0 aliphatic carbocycles. The number of aromatic nitrogens is 2. The van der Waals surface area contributed by atoms with Crippen LogP contribution >= 0.6 is 0 Å². The number of aliphatic hydroxyl groups excluding tert-OH is 1. The fourth-order valence-electron chi connectivity index (χ4n) is 1.71. The Labute approximate surface area is 124 Å². The van der Waals surface area contributed by atoms with Gasteiger partial charge in [0.05, 0.1) is 18.9 Å². The molecule has 112 valence electrons. The van der Waals surface area contributed by atoms with Crippen molar-refractivity contribution in [2.45, 2.75) is 26.6 Å². The Bertz CT molecular complexity index is 561. The second kappa shape index (κ2) is 7.71. The Balaban J connectivity index is 1.69. The van der Waals surface area contributed by atoms with E-state index in [1.54, 1.807) is 6.07 Å². The Morgan fingerprint density at radius 3 is 2.57 bits per heavy atom. The Kier molecular flexibility index (Phi) is 5.66. The molecular weight excluding hydrogens is 268 g/mol. The van der Waals surface area contributed by atoms with Crippen LogP contribution in [0.25, 0.3) is 0 Å². The fourth-order valence-corrected chi connectivity index (χ4v) is 1.71. The van der Waals surface area contributed by atoms with Crippen LogP contribution in [0.3, 0.4) is 0 Å². The zero-order valence-corrected chi connectivity index (χ0v) is 12.3. The minimum Gasteiger partial charge on any atom is -0.474 e. The molecule has 5 heteroatoms. The molecule has 2 aromatic rings. The van der Waals surface area contributed by atoms with Gasteiger partial charge in [-0.1, -0.05) is 30.3 Å². The first-order valence-electron chi connectivity index (χ1n) is 6.88. The first kappa shape index (κ1) is 15.4. The number of hydrogen-bond acceptors (Lipinski definition) is 5. The maximum atomic E-state index is 9.81. The van der Waals surface area contributed by atoms with E-state index in [0.717, 1.165) is 16.8 Å². The van der Waals surface area contributed by atoms with Gasteiger partial charge in [-0.2, -0.15) is 5.10 Å². The molecule has 5 nitrogen and oxygen atoms in total. The van der Waals surface area contributed by atoms with Crippen molar-refractivity contribution < 1.29 is 14.6 Å². The van der Waals surface area contributed by atoms with Crippen molar-refractivity contribution in [3.05, 3.63) is 53.2 Å². The van der Waals surface area contributed by atoms with Gasteiger partial charge in [-0.25, -0.2) is 0 Å². The molecular formula is C16H20N2O3. The number of hydrogen-bond donors (Lipinski definition) is 1. The highest BCUT2D eigenvalue weighted by Gasteiger charge is 2.07. The smallest absolute Gasteiger partial charge is 0.233 e. The summed E-state index contributed by atoms with van der Waals surface area (Å²) in [7, 11) is 0. The quantitative estimate of drug-likeness (QED) is 0.844. The van der Waals surface area contributed by atoms with Crippen molar-refractivity contribution in [3.8, 4) is 5.88 Å². The largest absolute Gasteiger partial charge is 0.474 e. The first-order valence-corrected chi connectivity index (χ1v) is 6.88. The predicted octanol–water partition coefficient (Wildman–Crippen LogP) is 2.05. The molecule has 0 saturated heterocycles. The Morgan fingerprint density at radius 2 is 1.86 bits per heavy atom. The molecule has 0 unspecified atom stereocenters. The second-order valence-electron chi connectivity index (χ2n) is 4.92. The van der Waals surface area contributed by atoms with E-state index in [4.69, 9.17) is 9.47 Å². The lowest BCUT2D eigenvalue weighted by Crippen LogP contribution is -2.23. The van der Waals surface area contributed by atoms with E-state index in [1.165, 1.54) is 0 Å². The van der Waals surface area contributed by atoms with Gasteiger partial charge in [0, 0.05) is 6.07 Å². The molecule has 0 radical (unpaired) electrons. The molecule has 0 saturated carbocycles. The lowest BCUT2D eigenvalue weighted by Gasteiger charge is -2.12. The lowest BCUT2D eigenvalue weighted by molar-refractivity contribution is 0.00449. The van der Waals surface area contributed by atoms with E-state index in [0.29, 0.717) is 12.5 Å². The van der Waals surface area contributed by atoms with E-state index in [2.05, 4.69) is 10.2 Å². The summed E-state index contributed by atoms with van der Waals surface area (Å²) >= 11 is 0. The summed E-state index contributed by atoms with van der Waals surface area (Å²) in [5, 5.41) is 17.7. The van der Waals surface area contributed by atoms with Gasteiger partial charge in [-0.15, -0.1) is 5.10 Å². The van der Waals surface area contributed by atoms with E-state index in [9.17, 15) is 5.11 Å². The van der Waals surface area contributed by atoms with Crippen molar-refractivity contribution in [2.75, 3.05) is 13.2 Å². The molecule has 0 aliphatic heterocycles. The highest BCUT2D eigenvalue weighted by Crippen LogP contribution is 2.10. The van der Waals surface area contributed by atoms with Gasteiger partial charge < -0.3 is 14.6 Å². The monoisotopic (exact) mass is 288 g/mol. The number of rotatable bonds is 7. The van der Waals surface area contributed by atoms with Gasteiger partial charge in [0.25, 0.3) is 0 Å². The normalized spacial score (nSPS) is 12.1. The number of nitrogens with zero attached hydrogens (tertiary/aromatic N) is 2. The Hall–Kier alpha value is -1.98. The summed E-state index contributed by atoms with van der Waals surface area (Å²) in [5.41, 5.74) is 2.95. The van der Waals surface area contributed by atoms with Gasteiger partial charge in [-0.3, -0.25) is 0 Å². The number of aliphatic hydroxyl groups is 1. The summed E-state index contributed by atoms with van der Waals surface area (Å²) in [5.74, 6) is 0.417. The van der Waals surface area contributed by atoms with Crippen LogP contribution in [0, 0.1) is 13.8 Å². The van der Waals surface area contributed by atoms with Crippen LogP contribution in [0.2, 0.25) is 0 Å². The predicted molar refractivity (Wildman–Crippen MR) is 79.1 cm³/mol. The maximum Gasteiger partial charge on any atom is 0.233 e. The van der Waals surface area contributed by atoms with Crippen LogP contribution in [0.15, 0.2) is 36.4 Å². The SMILES string of the molecule is Cc1cc(OC[C@@H](O)COCc2ccccc2)nnc1C. The molecule has 1 heterocycles. The summed E-state index contributed by atoms with van der Waals surface area (Å²) in [4.78, 5) is 0. The minimum atomic E-state index is -0.697. The average molecular weight is 288 g/mol. The van der Waals surface area contributed by atoms with Crippen LogP contribution in [0.5, 0.6) is 5.88 Å². The third kappa shape index (κ3) is 5.13. The van der Waals surface area contributed by atoms with Crippen molar-refractivity contribution in [3.63, 3.8) is 0 Å². The lowest BCUT2D eigenvalue weighted by atomic mass is 10.2. The van der Waals surface area contributed by atoms with Gasteiger partial charge in [0.15, 0.2) is 0 Å². The van der Waals surface area contributed by atoms with Crippen LogP contribution in [0.1, 0.15) is 16.8 Å². The standard InChI is InChI=1S/C16H20N2O3/c1-12-8-16(18-17-13(12)2)21-11-15(19)10-20-9-14-6-4-3-5-7-14/h3-8,15,19H,9-11H2,1-2H3/t15-/m0/s1. The van der Waals surface area contributed by atoms with Gasteiger partial charge in [-0.05, 0) is 25.0 Å². The van der Waals surface area contributed by atoms with Crippen molar-refractivity contribution in [1.82, 2.24) is 10.2 Å².